The number of hydrogen-bond acceptors (Lipinski definition) is 3. The summed E-state index contributed by atoms with van der Waals surface area (Å²) < 4.78 is 0. The molecule has 0 radical (unpaired) electrons. The Morgan fingerprint density at radius 2 is 1.83 bits per heavy atom. The molecule has 3 N–H and O–H groups in total. The van der Waals surface area contributed by atoms with Crippen molar-refractivity contribution in [2.24, 2.45) is 0 Å². The molecule has 0 bridgehead atoms. The second-order valence-corrected chi connectivity index (χ2v) is 6.49. The lowest BCUT2D eigenvalue weighted by Gasteiger charge is -2.18. The van der Waals surface area contributed by atoms with Crippen LogP contribution in [-0.2, 0) is 6.42 Å². The number of para-hydroxylation sites is 1. The van der Waals surface area contributed by atoms with Gasteiger partial charge in [0, 0.05) is 24.1 Å². The van der Waals surface area contributed by atoms with E-state index in [2.05, 4.69) is 22.8 Å². The van der Waals surface area contributed by atoms with E-state index in [0.717, 1.165) is 23.4 Å². The number of nitrogens with one attached hydrogen (secondary N) is 2. The van der Waals surface area contributed by atoms with Crippen LogP contribution in [0.4, 0.5) is 10.5 Å². The molecule has 2 amide bonds. The number of hydrogen-bond donors (Lipinski definition) is 3. The van der Waals surface area contributed by atoms with Crippen molar-refractivity contribution in [3.8, 4) is 0 Å². The van der Waals surface area contributed by atoms with Gasteiger partial charge >= 0.3 is 6.03 Å². The predicted octanol–water partition coefficient (Wildman–Crippen LogP) is 3.51. The van der Waals surface area contributed by atoms with Crippen LogP contribution in [0.15, 0.2) is 54.6 Å². The number of aliphatic hydroxyl groups excluding tert-OH is 1. The summed E-state index contributed by atoms with van der Waals surface area (Å²) in [6, 6.07) is 17.7. The minimum absolute atomic E-state index is 0.0358. The molecular formula is C19H24N2O2S. The van der Waals surface area contributed by atoms with Gasteiger partial charge in [0.05, 0.1) is 0 Å². The Balaban J connectivity index is 2.02. The van der Waals surface area contributed by atoms with Crippen molar-refractivity contribution >= 4 is 23.5 Å². The van der Waals surface area contributed by atoms with Crippen LogP contribution in [0.3, 0.4) is 0 Å². The number of carbonyl (C=O) groups is 1. The number of anilines is 1. The molecule has 2 rings (SSSR count). The van der Waals surface area contributed by atoms with Gasteiger partial charge in [-0.05, 0) is 36.3 Å². The van der Waals surface area contributed by atoms with Gasteiger partial charge in [-0.15, -0.1) is 0 Å². The molecule has 0 spiro atoms. The first-order valence-corrected chi connectivity index (χ1v) is 9.41. The van der Waals surface area contributed by atoms with Crippen molar-refractivity contribution < 1.29 is 9.90 Å². The van der Waals surface area contributed by atoms with Gasteiger partial charge < -0.3 is 15.7 Å². The highest BCUT2D eigenvalue weighted by Gasteiger charge is 2.12. The lowest BCUT2D eigenvalue weighted by atomic mass is 10.0. The summed E-state index contributed by atoms with van der Waals surface area (Å²) in [6.45, 7) is 0.0656. The lowest BCUT2D eigenvalue weighted by Crippen LogP contribution is -2.40. The minimum atomic E-state index is -0.233. The highest BCUT2D eigenvalue weighted by molar-refractivity contribution is 7.98. The Kier molecular flexibility index (Phi) is 7.65. The molecule has 0 saturated heterocycles. The summed E-state index contributed by atoms with van der Waals surface area (Å²) in [7, 11) is 0. The van der Waals surface area contributed by atoms with Crippen LogP contribution in [0.2, 0.25) is 0 Å². The largest absolute Gasteiger partial charge is 0.396 e. The van der Waals surface area contributed by atoms with E-state index < -0.39 is 0 Å². The normalized spacial score (nSPS) is 11.8. The van der Waals surface area contributed by atoms with Crippen LogP contribution in [0.1, 0.15) is 17.5 Å². The van der Waals surface area contributed by atoms with Crippen LogP contribution >= 0.6 is 11.8 Å². The zero-order valence-corrected chi connectivity index (χ0v) is 14.7. The zero-order chi connectivity index (χ0) is 17.2. The minimum Gasteiger partial charge on any atom is -0.396 e. The van der Waals surface area contributed by atoms with Crippen molar-refractivity contribution in [3.05, 3.63) is 65.7 Å². The van der Waals surface area contributed by atoms with E-state index in [-0.39, 0.29) is 18.7 Å². The number of amides is 2. The van der Waals surface area contributed by atoms with Gasteiger partial charge in [-0.2, -0.15) is 11.8 Å². The molecule has 1 atom stereocenters. The fraction of sp³-hybridized carbons (Fsp3) is 0.316. The molecule has 0 unspecified atom stereocenters. The number of rotatable bonds is 8. The second-order valence-electron chi connectivity index (χ2n) is 5.58. The first-order valence-electron chi connectivity index (χ1n) is 8.02. The molecule has 2 aromatic rings. The van der Waals surface area contributed by atoms with Gasteiger partial charge in [0.15, 0.2) is 0 Å². The van der Waals surface area contributed by atoms with E-state index in [1.54, 1.807) is 11.8 Å². The molecule has 0 fully saturated rings. The molecule has 4 nitrogen and oxygen atoms in total. The predicted molar refractivity (Wildman–Crippen MR) is 102 cm³/mol. The Hall–Kier alpha value is -1.98. The molecule has 24 heavy (non-hydrogen) atoms. The van der Waals surface area contributed by atoms with Crippen molar-refractivity contribution in [1.29, 1.82) is 0 Å². The summed E-state index contributed by atoms with van der Waals surface area (Å²) in [6.07, 6.45) is 3.31. The van der Waals surface area contributed by atoms with E-state index in [9.17, 15) is 4.79 Å². The van der Waals surface area contributed by atoms with Gasteiger partial charge in [-0.3, -0.25) is 0 Å². The molecule has 0 saturated carbocycles. The smallest absolute Gasteiger partial charge is 0.319 e. The zero-order valence-electron chi connectivity index (χ0n) is 13.9. The number of thioether (sulfide) groups is 1. The maximum Gasteiger partial charge on any atom is 0.319 e. The van der Waals surface area contributed by atoms with Crippen molar-refractivity contribution in [3.63, 3.8) is 0 Å². The first-order chi connectivity index (χ1) is 11.7. The molecule has 0 aliphatic carbocycles. The Bertz CT molecular complexity index is 628. The fourth-order valence-electron chi connectivity index (χ4n) is 2.51. The Labute approximate surface area is 147 Å². The topological polar surface area (TPSA) is 61.4 Å². The quantitative estimate of drug-likeness (QED) is 0.687. The summed E-state index contributed by atoms with van der Waals surface area (Å²) in [5, 5.41) is 15.0. The van der Waals surface area contributed by atoms with Crippen molar-refractivity contribution in [1.82, 2.24) is 5.32 Å². The third kappa shape index (κ3) is 5.91. The number of aliphatic hydroxyl groups is 1. The highest BCUT2D eigenvalue weighted by Crippen LogP contribution is 2.19. The third-order valence-corrected chi connectivity index (χ3v) is 4.42. The van der Waals surface area contributed by atoms with E-state index in [1.807, 2.05) is 48.7 Å². The highest BCUT2D eigenvalue weighted by atomic mass is 32.2. The third-order valence-electron chi connectivity index (χ3n) is 3.68. The molecule has 0 aromatic heterocycles. The summed E-state index contributed by atoms with van der Waals surface area (Å²) >= 11 is 1.65. The van der Waals surface area contributed by atoms with Gasteiger partial charge in [-0.25, -0.2) is 4.79 Å². The van der Waals surface area contributed by atoms with E-state index in [1.165, 1.54) is 5.56 Å². The maximum absolute atomic E-state index is 12.3. The van der Waals surface area contributed by atoms with E-state index in [0.29, 0.717) is 6.42 Å². The SMILES string of the molecule is CSC[C@@H](CCO)NC(=O)Nc1ccccc1Cc1ccccc1. The Morgan fingerprint density at radius 1 is 1.12 bits per heavy atom. The van der Waals surface area contributed by atoms with E-state index in [4.69, 9.17) is 5.11 Å². The van der Waals surface area contributed by atoms with Crippen molar-refractivity contribution in [2.75, 3.05) is 23.9 Å². The van der Waals surface area contributed by atoms with Crippen LogP contribution in [0, 0.1) is 0 Å². The summed E-state index contributed by atoms with van der Waals surface area (Å²) in [5.41, 5.74) is 3.08. The molecular weight excluding hydrogens is 320 g/mol. The second kappa shape index (κ2) is 10.0. The Morgan fingerprint density at radius 3 is 2.54 bits per heavy atom. The number of carbonyl (C=O) groups excluding carboxylic acids is 1. The van der Waals surface area contributed by atoms with Gasteiger partial charge in [0.25, 0.3) is 0 Å². The summed E-state index contributed by atoms with van der Waals surface area (Å²) in [4.78, 5) is 12.3. The van der Waals surface area contributed by atoms with Crippen LogP contribution in [-0.4, -0.2) is 35.8 Å². The molecule has 0 aliphatic heterocycles. The summed E-state index contributed by atoms with van der Waals surface area (Å²) in [5.74, 6) is 0.777. The molecule has 0 heterocycles. The standard InChI is InChI=1S/C19H24N2O2S/c1-24-14-17(11-12-22)20-19(23)21-18-10-6-5-9-16(18)13-15-7-3-2-4-8-15/h2-10,17,22H,11-14H2,1H3,(H2,20,21,23)/t17-/m1/s1. The van der Waals surface area contributed by atoms with Crippen molar-refractivity contribution in [2.45, 2.75) is 18.9 Å². The number of urea groups is 1. The van der Waals surface area contributed by atoms with Crippen LogP contribution in [0.5, 0.6) is 0 Å². The maximum atomic E-state index is 12.3. The van der Waals surface area contributed by atoms with Gasteiger partial charge in [0.1, 0.15) is 0 Å². The first kappa shape index (κ1) is 18.4. The molecule has 2 aromatic carbocycles. The monoisotopic (exact) mass is 344 g/mol. The van der Waals surface area contributed by atoms with Gasteiger partial charge in [0.2, 0.25) is 0 Å². The van der Waals surface area contributed by atoms with Gasteiger partial charge in [-0.1, -0.05) is 48.5 Å². The average Bonchev–Trinajstić information content (AvgIpc) is 2.58. The average molecular weight is 344 g/mol. The van der Waals surface area contributed by atoms with E-state index >= 15 is 0 Å². The number of benzene rings is 2. The van der Waals surface area contributed by atoms with Crippen LogP contribution < -0.4 is 10.6 Å². The fourth-order valence-corrected chi connectivity index (χ4v) is 3.16. The van der Waals surface area contributed by atoms with Crippen LogP contribution in [0.25, 0.3) is 0 Å². The molecule has 5 heteroatoms. The molecule has 0 aliphatic rings. The molecule has 128 valence electrons. The lowest BCUT2D eigenvalue weighted by molar-refractivity contribution is 0.241.